The number of fused-ring (bicyclic) bond motifs is 1. The fourth-order valence-corrected chi connectivity index (χ4v) is 9.76. The van der Waals surface area contributed by atoms with E-state index in [1.54, 1.807) is 4.80 Å². The topological polar surface area (TPSA) is 30.7 Å². The zero-order valence-electron chi connectivity index (χ0n) is 19.9. The second-order valence-electron chi connectivity index (χ2n) is 8.90. The Hall–Kier alpha value is -0.561. The molecule has 0 aliphatic heterocycles. The van der Waals surface area contributed by atoms with Crippen molar-refractivity contribution in [3.63, 3.8) is 0 Å². The molecular weight excluding hydrogens is 710 g/mol. The number of halogens is 4. The van der Waals surface area contributed by atoms with E-state index < -0.39 is 11.6 Å². The minimum absolute atomic E-state index is 0.115. The molecule has 0 aliphatic rings. The van der Waals surface area contributed by atoms with Gasteiger partial charge in [0.25, 0.3) is 0 Å². The first-order chi connectivity index (χ1) is 16.9. The standard InChI is InChI=1S/C26H29Br2F2N3Se2/c1-3-5-7-8-10-16(9-6-4-2)15-33-31-25-21(17-11-13-19(27)34-17)23(29)24(30)22(26(25)32-33)18-12-14-20(28)35-18/h11-14,16H,3-10,15H2,1-2H3. The third-order valence-electron chi connectivity index (χ3n) is 6.25. The van der Waals surface area contributed by atoms with E-state index in [1.165, 1.54) is 32.1 Å². The van der Waals surface area contributed by atoms with Crippen LogP contribution in [0.15, 0.2) is 31.0 Å². The summed E-state index contributed by atoms with van der Waals surface area (Å²) in [5, 5.41) is 9.62. The Morgan fingerprint density at radius 1 is 0.771 bits per heavy atom. The van der Waals surface area contributed by atoms with E-state index in [1.807, 2.05) is 24.3 Å². The molecule has 1 unspecified atom stereocenters. The summed E-state index contributed by atoms with van der Waals surface area (Å²) < 4.78 is 34.8. The second-order valence-corrected chi connectivity index (χ2v) is 17.5. The van der Waals surface area contributed by atoms with Crippen LogP contribution >= 0.6 is 31.9 Å². The Morgan fingerprint density at radius 2 is 1.29 bits per heavy atom. The molecule has 4 rings (SSSR count). The summed E-state index contributed by atoms with van der Waals surface area (Å²) in [7, 11) is 0. The zero-order valence-corrected chi connectivity index (χ0v) is 26.5. The summed E-state index contributed by atoms with van der Waals surface area (Å²) in [5.74, 6) is -1.16. The van der Waals surface area contributed by atoms with Crippen LogP contribution in [0.1, 0.15) is 65.2 Å². The van der Waals surface area contributed by atoms with E-state index in [0.717, 1.165) is 34.8 Å². The summed E-state index contributed by atoms with van der Waals surface area (Å²) in [6.45, 7) is 5.12. The first-order valence-electron chi connectivity index (χ1n) is 12.2. The van der Waals surface area contributed by atoms with Crippen molar-refractivity contribution in [2.24, 2.45) is 5.92 Å². The Kier molecular flexibility index (Phi) is 10.0. The third-order valence-corrected chi connectivity index (χ3v) is 12.2. The summed E-state index contributed by atoms with van der Waals surface area (Å²) >= 11 is 6.80. The maximum absolute atomic E-state index is 15.6. The van der Waals surface area contributed by atoms with Gasteiger partial charge in [0.05, 0.1) is 0 Å². The average molecular weight is 739 g/mol. The molecule has 0 radical (unpaired) electrons. The molecule has 0 amide bonds. The molecule has 9 heteroatoms. The molecule has 3 nitrogen and oxygen atoms in total. The van der Waals surface area contributed by atoms with Crippen molar-refractivity contribution in [2.45, 2.75) is 71.8 Å². The molecule has 0 aliphatic carbocycles. The maximum atomic E-state index is 15.6. The molecule has 1 atom stereocenters. The fraction of sp³-hybridized carbons (Fsp3) is 0.462. The predicted molar refractivity (Wildman–Crippen MR) is 149 cm³/mol. The number of hydrogen-bond acceptors (Lipinski definition) is 2. The second kappa shape index (κ2) is 12.8. The fourth-order valence-electron chi connectivity index (χ4n) is 4.45. The van der Waals surface area contributed by atoms with Crippen LogP contribution in [0.4, 0.5) is 8.78 Å². The summed E-state index contributed by atoms with van der Waals surface area (Å²) in [4.78, 5) is 1.71. The molecule has 1 aromatic carbocycles. The first kappa shape index (κ1) is 27.5. The van der Waals surface area contributed by atoms with Crippen molar-refractivity contribution < 1.29 is 8.78 Å². The van der Waals surface area contributed by atoms with Gasteiger partial charge in [-0.05, 0) is 0 Å². The van der Waals surface area contributed by atoms with E-state index in [0.29, 0.717) is 23.5 Å². The SMILES string of the molecule is CCCCCCC(CCCC)Cn1nc2c(-c3ccc(Br)[se]3)c(F)c(F)c(-c3ccc(Br)[se]3)c2n1. The van der Waals surface area contributed by atoms with E-state index in [-0.39, 0.29) is 40.1 Å². The average Bonchev–Trinajstić information content (AvgIpc) is 3.56. The van der Waals surface area contributed by atoms with E-state index in [9.17, 15) is 0 Å². The van der Waals surface area contributed by atoms with Gasteiger partial charge in [-0.3, -0.25) is 0 Å². The van der Waals surface area contributed by atoms with Crippen LogP contribution in [-0.4, -0.2) is 44.0 Å². The molecule has 3 heterocycles. The Balaban J connectivity index is 1.79. The van der Waals surface area contributed by atoms with Crippen molar-refractivity contribution >= 4 is 71.9 Å². The summed E-state index contributed by atoms with van der Waals surface area (Å²) in [6.07, 6.45) is 9.51. The number of hydrogen-bond donors (Lipinski definition) is 0. The number of benzene rings is 1. The van der Waals surface area contributed by atoms with Crippen LogP contribution in [0.25, 0.3) is 31.0 Å². The molecule has 0 spiro atoms. The number of unbranched alkanes of at least 4 members (excludes halogenated alkanes) is 4. The quantitative estimate of drug-likeness (QED) is 0.108. The van der Waals surface area contributed by atoms with Gasteiger partial charge in [-0.1, -0.05) is 6.92 Å². The van der Waals surface area contributed by atoms with Crippen molar-refractivity contribution in [3.05, 3.63) is 42.6 Å². The molecule has 0 N–H and O–H groups in total. The van der Waals surface area contributed by atoms with Crippen molar-refractivity contribution in [2.75, 3.05) is 0 Å². The monoisotopic (exact) mass is 739 g/mol. The van der Waals surface area contributed by atoms with Crippen molar-refractivity contribution in [3.8, 4) is 20.0 Å². The molecule has 0 bridgehead atoms. The van der Waals surface area contributed by atoms with Gasteiger partial charge in [0.15, 0.2) is 0 Å². The van der Waals surface area contributed by atoms with Crippen molar-refractivity contribution in [1.29, 1.82) is 0 Å². The Labute approximate surface area is 234 Å². The van der Waals surface area contributed by atoms with Gasteiger partial charge < -0.3 is 0 Å². The molecular formula is C26H29Br2F2N3Se2. The molecule has 0 fully saturated rings. The van der Waals surface area contributed by atoms with Gasteiger partial charge >= 0.3 is 229 Å². The minimum atomic E-state index is -0.815. The zero-order chi connectivity index (χ0) is 24.9. The predicted octanol–water partition coefficient (Wildman–Crippen LogP) is 8.46. The van der Waals surface area contributed by atoms with Gasteiger partial charge in [0.1, 0.15) is 0 Å². The van der Waals surface area contributed by atoms with Crippen LogP contribution in [-0.2, 0) is 6.54 Å². The first-order valence-corrected chi connectivity index (χ1v) is 17.2. The Bertz CT molecular complexity index is 1200. The molecule has 4 aromatic rings. The van der Waals surface area contributed by atoms with Crippen molar-refractivity contribution in [1.82, 2.24) is 15.0 Å². The van der Waals surface area contributed by atoms with E-state index in [2.05, 4.69) is 45.7 Å². The van der Waals surface area contributed by atoms with Crippen LogP contribution in [0.2, 0.25) is 0 Å². The Morgan fingerprint density at radius 3 is 1.74 bits per heavy atom. The third kappa shape index (κ3) is 6.48. The summed E-state index contributed by atoms with van der Waals surface area (Å²) in [6, 6.07) is 7.57. The van der Waals surface area contributed by atoms with Gasteiger partial charge in [-0.25, -0.2) is 0 Å². The van der Waals surface area contributed by atoms with E-state index in [4.69, 9.17) is 10.2 Å². The molecule has 35 heavy (non-hydrogen) atoms. The van der Waals surface area contributed by atoms with Gasteiger partial charge in [-0.2, -0.15) is 0 Å². The normalized spacial score (nSPS) is 12.6. The number of aromatic nitrogens is 3. The molecule has 3 aromatic heterocycles. The van der Waals surface area contributed by atoms with Crippen LogP contribution in [0.3, 0.4) is 0 Å². The molecule has 0 saturated heterocycles. The van der Waals surface area contributed by atoms with Crippen LogP contribution in [0.5, 0.6) is 0 Å². The number of nitrogens with zero attached hydrogens (tertiary/aromatic N) is 3. The van der Waals surface area contributed by atoms with Crippen LogP contribution < -0.4 is 0 Å². The van der Waals surface area contributed by atoms with E-state index >= 15 is 8.78 Å². The molecule has 0 saturated carbocycles. The van der Waals surface area contributed by atoms with Gasteiger partial charge in [0, 0.05) is 0 Å². The molecule has 188 valence electrons. The van der Waals surface area contributed by atoms with Gasteiger partial charge in [-0.15, -0.1) is 0 Å². The van der Waals surface area contributed by atoms with Gasteiger partial charge in [0.2, 0.25) is 0 Å². The van der Waals surface area contributed by atoms with Crippen LogP contribution in [0, 0.1) is 17.6 Å². The summed E-state index contributed by atoms with van der Waals surface area (Å²) in [5.41, 5.74) is 1.49. The number of rotatable bonds is 12.